The molecule has 0 saturated carbocycles. The van der Waals surface area contributed by atoms with Crippen LogP contribution in [0, 0.1) is 0 Å². The second-order valence-corrected chi connectivity index (χ2v) is 7.23. The van der Waals surface area contributed by atoms with Gasteiger partial charge in [-0.05, 0) is 42.0 Å². The van der Waals surface area contributed by atoms with E-state index in [9.17, 15) is 4.79 Å². The predicted molar refractivity (Wildman–Crippen MR) is 111 cm³/mol. The standard InChI is InChI=1S/C22H21N5O2/c28-22-18(13-20(25-26-22)16-3-5-23-6-4-16)21-12-17-11-15(1-2-19(17)24-21)14-27-7-9-29-10-8-27/h1-6,11-13,24H,7-10,14H2,(H,26,28). The van der Waals surface area contributed by atoms with Gasteiger partial charge in [0.05, 0.1) is 30.2 Å². The number of benzene rings is 1. The summed E-state index contributed by atoms with van der Waals surface area (Å²) in [7, 11) is 0. The van der Waals surface area contributed by atoms with Crippen LogP contribution in [-0.2, 0) is 11.3 Å². The molecule has 4 aromatic rings. The molecule has 2 N–H and O–H groups in total. The summed E-state index contributed by atoms with van der Waals surface area (Å²) in [4.78, 5) is 22.2. The molecule has 0 atom stereocenters. The van der Waals surface area contributed by atoms with Crippen LogP contribution in [-0.4, -0.2) is 51.4 Å². The van der Waals surface area contributed by atoms with Gasteiger partial charge in [0.1, 0.15) is 0 Å². The summed E-state index contributed by atoms with van der Waals surface area (Å²) in [6, 6.07) is 14.0. The summed E-state index contributed by atoms with van der Waals surface area (Å²) >= 11 is 0. The summed E-state index contributed by atoms with van der Waals surface area (Å²) in [5.41, 5.74) is 5.00. The van der Waals surface area contributed by atoms with E-state index in [1.807, 2.05) is 24.3 Å². The summed E-state index contributed by atoms with van der Waals surface area (Å²) in [6.07, 6.45) is 3.42. The number of rotatable bonds is 4. The number of hydrogen-bond donors (Lipinski definition) is 2. The SMILES string of the molecule is O=c1[nH]nc(-c2ccncc2)cc1-c1cc2cc(CN3CCOCC3)ccc2[nH]1. The Labute approximate surface area is 167 Å². The van der Waals surface area contributed by atoms with Crippen molar-refractivity contribution in [3.8, 4) is 22.5 Å². The highest BCUT2D eigenvalue weighted by atomic mass is 16.5. The van der Waals surface area contributed by atoms with Gasteiger partial charge in [0.15, 0.2) is 0 Å². The average molecular weight is 387 g/mol. The maximum absolute atomic E-state index is 12.4. The van der Waals surface area contributed by atoms with Crippen molar-refractivity contribution < 1.29 is 4.74 Å². The first kappa shape index (κ1) is 17.8. The highest BCUT2D eigenvalue weighted by Crippen LogP contribution is 2.25. The van der Waals surface area contributed by atoms with Crippen molar-refractivity contribution in [2.75, 3.05) is 26.3 Å². The summed E-state index contributed by atoms with van der Waals surface area (Å²) in [5, 5.41) is 7.87. The molecule has 1 saturated heterocycles. The lowest BCUT2D eigenvalue weighted by atomic mass is 10.1. The highest BCUT2D eigenvalue weighted by molar-refractivity contribution is 5.86. The maximum Gasteiger partial charge on any atom is 0.273 e. The maximum atomic E-state index is 12.4. The Morgan fingerprint density at radius 3 is 2.69 bits per heavy atom. The minimum absolute atomic E-state index is 0.220. The Morgan fingerprint density at radius 2 is 1.86 bits per heavy atom. The number of nitrogens with zero attached hydrogens (tertiary/aromatic N) is 3. The third kappa shape index (κ3) is 3.70. The first-order valence-corrected chi connectivity index (χ1v) is 9.68. The van der Waals surface area contributed by atoms with Gasteiger partial charge in [-0.25, -0.2) is 5.10 Å². The molecule has 1 aliphatic heterocycles. The molecule has 3 aromatic heterocycles. The third-order valence-electron chi connectivity index (χ3n) is 5.26. The number of fused-ring (bicyclic) bond motifs is 1. The first-order chi connectivity index (χ1) is 14.3. The molecule has 0 amide bonds. The molecule has 0 bridgehead atoms. The largest absolute Gasteiger partial charge is 0.379 e. The molecule has 1 aromatic carbocycles. The zero-order valence-corrected chi connectivity index (χ0v) is 15.9. The quantitative estimate of drug-likeness (QED) is 0.562. The van der Waals surface area contributed by atoms with Gasteiger partial charge in [0.2, 0.25) is 0 Å². The van der Waals surface area contributed by atoms with E-state index in [-0.39, 0.29) is 5.56 Å². The second kappa shape index (κ2) is 7.62. The Hall–Kier alpha value is -3.29. The van der Waals surface area contributed by atoms with Crippen molar-refractivity contribution in [1.82, 2.24) is 25.1 Å². The predicted octanol–water partition coefficient (Wildman–Crippen LogP) is 2.81. The van der Waals surface area contributed by atoms with E-state index in [0.717, 1.165) is 55.0 Å². The number of H-pyrrole nitrogens is 2. The fraction of sp³-hybridized carbons (Fsp3) is 0.227. The normalized spacial score (nSPS) is 15.0. The van der Waals surface area contributed by atoms with Crippen LogP contribution in [0.15, 0.2) is 59.7 Å². The molecule has 1 aliphatic rings. The third-order valence-corrected chi connectivity index (χ3v) is 5.26. The number of nitrogens with one attached hydrogen (secondary N) is 2. The zero-order valence-electron chi connectivity index (χ0n) is 15.9. The average Bonchev–Trinajstić information content (AvgIpc) is 3.18. The van der Waals surface area contributed by atoms with Crippen molar-refractivity contribution in [2.24, 2.45) is 0 Å². The Morgan fingerprint density at radius 1 is 1.03 bits per heavy atom. The topological polar surface area (TPSA) is 86.9 Å². The molecule has 0 spiro atoms. The molecule has 5 rings (SSSR count). The molecule has 4 heterocycles. The van der Waals surface area contributed by atoms with Crippen LogP contribution in [0.3, 0.4) is 0 Å². The Balaban J connectivity index is 1.48. The van der Waals surface area contributed by atoms with Gasteiger partial charge in [-0.2, -0.15) is 5.10 Å². The van der Waals surface area contributed by atoms with E-state index in [0.29, 0.717) is 11.3 Å². The van der Waals surface area contributed by atoms with Crippen LogP contribution in [0.25, 0.3) is 33.4 Å². The first-order valence-electron chi connectivity index (χ1n) is 9.68. The van der Waals surface area contributed by atoms with Crippen LogP contribution in [0.2, 0.25) is 0 Å². The van der Waals surface area contributed by atoms with Crippen LogP contribution >= 0.6 is 0 Å². The van der Waals surface area contributed by atoms with Gasteiger partial charge in [0.25, 0.3) is 5.56 Å². The second-order valence-electron chi connectivity index (χ2n) is 7.23. The molecule has 0 aliphatic carbocycles. The van der Waals surface area contributed by atoms with Gasteiger partial charge >= 0.3 is 0 Å². The summed E-state index contributed by atoms with van der Waals surface area (Å²) in [5.74, 6) is 0. The lowest BCUT2D eigenvalue weighted by molar-refractivity contribution is 0.0342. The molecule has 7 nitrogen and oxygen atoms in total. The molecule has 0 radical (unpaired) electrons. The van der Waals surface area contributed by atoms with Crippen molar-refractivity contribution in [3.05, 3.63) is 70.8 Å². The van der Waals surface area contributed by atoms with E-state index in [1.165, 1.54) is 5.56 Å². The van der Waals surface area contributed by atoms with Gasteiger partial charge in [-0.3, -0.25) is 14.7 Å². The fourth-order valence-corrected chi connectivity index (χ4v) is 3.72. The van der Waals surface area contributed by atoms with Crippen LogP contribution < -0.4 is 5.56 Å². The van der Waals surface area contributed by atoms with Crippen LogP contribution in [0.1, 0.15) is 5.56 Å². The summed E-state index contributed by atoms with van der Waals surface area (Å²) in [6.45, 7) is 4.41. The number of morpholine rings is 1. The van der Waals surface area contributed by atoms with Gasteiger partial charge in [-0.1, -0.05) is 6.07 Å². The number of aromatic nitrogens is 4. The Bertz CT molecular complexity index is 1190. The lowest BCUT2D eigenvalue weighted by Gasteiger charge is -2.26. The van der Waals surface area contributed by atoms with E-state index in [1.54, 1.807) is 12.4 Å². The van der Waals surface area contributed by atoms with Gasteiger partial charge in [-0.15, -0.1) is 0 Å². The molecule has 0 unspecified atom stereocenters. The lowest BCUT2D eigenvalue weighted by Crippen LogP contribution is -2.35. The zero-order chi connectivity index (χ0) is 19.6. The molecule has 146 valence electrons. The number of pyridine rings is 1. The van der Waals surface area contributed by atoms with Crippen LogP contribution in [0.4, 0.5) is 0 Å². The monoisotopic (exact) mass is 387 g/mol. The highest BCUT2D eigenvalue weighted by Gasteiger charge is 2.13. The van der Waals surface area contributed by atoms with Crippen molar-refractivity contribution in [2.45, 2.75) is 6.54 Å². The van der Waals surface area contributed by atoms with Crippen molar-refractivity contribution in [1.29, 1.82) is 0 Å². The minimum atomic E-state index is -0.220. The van der Waals surface area contributed by atoms with E-state index in [4.69, 9.17) is 4.74 Å². The fourth-order valence-electron chi connectivity index (χ4n) is 3.72. The Kier molecular flexibility index (Phi) is 4.67. The van der Waals surface area contributed by atoms with Crippen LogP contribution in [0.5, 0.6) is 0 Å². The van der Waals surface area contributed by atoms with Gasteiger partial charge in [0, 0.05) is 48.5 Å². The van der Waals surface area contributed by atoms with Gasteiger partial charge < -0.3 is 9.72 Å². The smallest absolute Gasteiger partial charge is 0.273 e. The van der Waals surface area contributed by atoms with E-state index < -0.39 is 0 Å². The molecular formula is C22H21N5O2. The minimum Gasteiger partial charge on any atom is -0.379 e. The van der Waals surface area contributed by atoms with E-state index >= 15 is 0 Å². The number of hydrogen-bond acceptors (Lipinski definition) is 5. The molecular weight excluding hydrogens is 366 g/mol. The van der Waals surface area contributed by atoms with E-state index in [2.05, 4.69) is 43.3 Å². The van der Waals surface area contributed by atoms with Crippen molar-refractivity contribution >= 4 is 10.9 Å². The number of aromatic amines is 2. The number of ether oxygens (including phenoxy) is 1. The van der Waals surface area contributed by atoms with Crippen molar-refractivity contribution in [3.63, 3.8) is 0 Å². The molecule has 7 heteroatoms. The summed E-state index contributed by atoms with van der Waals surface area (Å²) < 4.78 is 5.42. The molecule has 29 heavy (non-hydrogen) atoms. The molecule has 1 fully saturated rings.